The lowest BCUT2D eigenvalue weighted by molar-refractivity contribution is 0.407. The van der Waals surface area contributed by atoms with Crippen LogP contribution in [0.2, 0.25) is 5.02 Å². The summed E-state index contributed by atoms with van der Waals surface area (Å²) in [5.74, 6) is 1.76. The molecule has 2 aromatic carbocycles. The Morgan fingerprint density at radius 2 is 2.12 bits per heavy atom. The zero-order valence-electron chi connectivity index (χ0n) is 13.8. The number of anilines is 1. The summed E-state index contributed by atoms with van der Waals surface area (Å²) in [6.07, 6.45) is 0.890. The molecule has 0 spiro atoms. The van der Waals surface area contributed by atoms with Crippen molar-refractivity contribution in [3.05, 3.63) is 64.2 Å². The van der Waals surface area contributed by atoms with Gasteiger partial charge in [-0.1, -0.05) is 23.7 Å². The second-order valence-corrected chi connectivity index (χ2v) is 6.51. The van der Waals surface area contributed by atoms with E-state index in [2.05, 4.69) is 17.0 Å². The summed E-state index contributed by atoms with van der Waals surface area (Å²) in [5, 5.41) is 10.9. The molecule has 0 atom stereocenters. The van der Waals surface area contributed by atoms with Gasteiger partial charge in [-0.05, 0) is 42.3 Å². The van der Waals surface area contributed by atoms with Crippen LogP contribution in [0, 0.1) is 11.3 Å². The smallest absolute Gasteiger partial charge is 0.130 e. The fourth-order valence-electron chi connectivity index (χ4n) is 3.40. The highest BCUT2D eigenvalue weighted by atomic mass is 35.5. The van der Waals surface area contributed by atoms with E-state index in [0.29, 0.717) is 10.6 Å². The standard InChI is InChI=1S/C20H16ClN3O/c1-25-19-4-2-3-13-12-24(8-7-16(13)19)20-9-14(11-22)17-10-15(21)5-6-18(17)23-20/h2-6,9-10H,7-8,12H2,1H3. The van der Waals surface area contributed by atoms with E-state index in [9.17, 15) is 5.26 Å². The molecule has 1 aliphatic heterocycles. The number of benzene rings is 2. The molecule has 1 aromatic heterocycles. The maximum Gasteiger partial charge on any atom is 0.130 e. The zero-order valence-corrected chi connectivity index (χ0v) is 14.5. The summed E-state index contributed by atoms with van der Waals surface area (Å²) in [6.45, 7) is 1.59. The van der Waals surface area contributed by atoms with Gasteiger partial charge in [0.1, 0.15) is 11.6 Å². The monoisotopic (exact) mass is 349 g/mol. The van der Waals surface area contributed by atoms with Crippen molar-refractivity contribution in [2.45, 2.75) is 13.0 Å². The van der Waals surface area contributed by atoms with Crippen molar-refractivity contribution < 1.29 is 4.74 Å². The van der Waals surface area contributed by atoms with Crippen molar-refractivity contribution in [1.82, 2.24) is 4.98 Å². The highest BCUT2D eigenvalue weighted by Gasteiger charge is 2.21. The van der Waals surface area contributed by atoms with Crippen LogP contribution in [-0.2, 0) is 13.0 Å². The van der Waals surface area contributed by atoms with Crippen molar-refractivity contribution in [2.24, 2.45) is 0 Å². The second kappa shape index (κ2) is 6.27. The average Bonchev–Trinajstić information content (AvgIpc) is 2.66. The number of methoxy groups -OCH3 is 1. The van der Waals surface area contributed by atoms with Gasteiger partial charge in [-0.3, -0.25) is 0 Å². The Morgan fingerprint density at radius 3 is 2.92 bits per heavy atom. The van der Waals surface area contributed by atoms with E-state index in [1.807, 2.05) is 24.3 Å². The minimum absolute atomic E-state index is 0.596. The molecule has 4 nitrogen and oxygen atoms in total. The first-order valence-electron chi connectivity index (χ1n) is 8.09. The zero-order chi connectivity index (χ0) is 17.4. The van der Waals surface area contributed by atoms with Crippen molar-refractivity contribution in [3.8, 4) is 11.8 Å². The van der Waals surface area contributed by atoms with Gasteiger partial charge in [-0.15, -0.1) is 0 Å². The van der Waals surface area contributed by atoms with Crippen LogP contribution >= 0.6 is 11.6 Å². The van der Waals surface area contributed by atoms with Crippen LogP contribution in [0.25, 0.3) is 10.9 Å². The van der Waals surface area contributed by atoms with Crippen LogP contribution in [-0.4, -0.2) is 18.6 Å². The minimum atomic E-state index is 0.596. The maximum absolute atomic E-state index is 9.52. The average molecular weight is 350 g/mol. The van der Waals surface area contributed by atoms with Gasteiger partial charge in [0.25, 0.3) is 0 Å². The summed E-state index contributed by atoms with van der Waals surface area (Å²) in [7, 11) is 1.71. The van der Waals surface area contributed by atoms with Crippen molar-refractivity contribution in [2.75, 3.05) is 18.6 Å². The largest absolute Gasteiger partial charge is 0.496 e. The normalized spacial score (nSPS) is 13.4. The second-order valence-electron chi connectivity index (χ2n) is 6.07. The van der Waals surface area contributed by atoms with Gasteiger partial charge < -0.3 is 9.64 Å². The molecule has 0 saturated heterocycles. The van der Waals surface area contributed by atoms with Gasteiger partial charge in [0.15, 0.2) is 0 Å². The van der Waals surface area contributed by atoms with Crippen LogP contribution in [0.4, 0.5) is 5.82 Å². The van der Waals surface area contributed by atoms with Crippen molar-refractivity contribution in [3.63, 3.8) is 0 Å². The summed E-state index contributed by atoms with van der Waals surface area (Å²) in [4.78, 5) is 6.95. The molecule has 0 N–H and O–H groups in total. The van der Waals surface area contributed by atoms with Gasteiger partial charge in [0, 0.05) is 29.1 Å². The SMILES string of the molecule is COc1cccc2c1CCN(c1cc(C#N)c3cc(Cl)ccc3n1)C2. The third kappa shape index (κ3) is 2.77. The van der Waals surface area contributed by atoms with E-state index >= 15 is 0 Å². The molecule has 0 bridgehead atoms. The molecule has 1 aliphatic rings. The van der Waals surface area contributed by atoms with E-state index < -0.39 is 0 Å². The summed E-state index contributed by atoms with van der Waals surface area (Å²) >= 11 is 6.06. The van der Waals surface area contributed by atoms with Gasteiger partial charge in [0.05, 0.1) is 24.3 Å². The molecule has 5 heteroatoms. The number of halogens is 1. The lowest BCUT2D eigenvalue weighted by Gasteiger charge is -2.31. The number of pyridine rings is 1. The molecule has 0 radical (unpaired) electrons. The highest BCUT2D eigenvalue weighted by Crippen LogP contribution is 2.31. The Bertz CT molecular complexity index is 1010. The predicted octanol–water partition coefficient (Wildman–Crippen LogP) is 4.33. The molecule has 25 heavy (non-hydrogen) atoms. The molecule has 124 valence electrons. The molecule has 2 heterocycles. The Hall–Kier alpha value is -2.77. The number of fused-ring (bicyclic) bond motifs is 2. The number of hydrogen-bond acceptors (Lipinski definition) is 4. The number of nitrogens with zero attached hydrogens (tertiary/aromatic N) is 3. The van der Waals surface area contributed by atoms with Gasteiger partial charge in [0.2, 0.25) is 0 Å². The molecule has 0 aliphatic carbocycles. The van der Waals surface area contributed by atoms with Crippen molar-refractivity contribution in [1.29, 1.82) is 5.26 Å². The number of ether oxygens (including phenoxy) is 1. The number of hydrogen-bond donors (Lipinski definition) is 0. The Morgan fingerprint density at radius 1 is 1.24 bits per heavy atom. The first kappa shape index (κ1) is 15.7. The molecule has 0 fully saturated rings. The molecule has 4 rings (SSSR count). The van der Waals surface area contributed by atoms with Crippen LogP contribution in [0.5, 0.6) is 5.75 Å². The van der Waals surface area contributed by atoms with Crippen LogP contribution in [0.1, 0.15) is 16.7 Å². The molecular weight excluding hydrogens is 334 g/mol. The summed E-state index contributed by atoms with van der Waals surface area (Å²) in [6, 6.07) is 15.7. The van der Waals surface area contributed by atoms with E-state index in [-0.39, 0.29) is 0 Å². The molecule has 0 saturated carbocycles. The fraction of sp³-hybridized carbons (Fsp3) is 0.200. The first-order valence-corrected chi connectivity index (χ1v) is 8.47. The minimum Gasteiger partial charge on any atom is -0.496 e. The van der Waals surface area contributed by atoms with E-state index in [1.54, 1.807) is 19.2 Å². The van der Waals surface area contributed by atoms with E-state index in [1.165, 1.54) is 11.1 Å². The summed E-state index contributed by atoms with van der Waals surface area (Å²) in [5.41, 5.74) is 3.88. The first-order chi connectivity index (χ1) is 12.2. The van der Waals surface area contributed by atoms with Gasteiger partial charge in [-0.25, -0.2) is 4.98 Å². The molecule has 0 amide bonds. The maximum atomic E-state index is 9.52. The molecule has 3 aromatic rings. The Kier molecular flexibility index (Phi) is 3.95. The lowest BCUT2D eigenvalue weighted by Crippen LogP contribution is -2.31. The van der Waals surface area contributed by atoms with Crippen LogP contribution in [0.3, 0.4) is 0 Å². The third-order valence-electron chi connectivity index (χ3n) is 4.64. The Labute approximate surface area is 151 Å². The van der Waals surface area contributed by atoms with Gasteiger partial charge >= 0.3 is 0 Å². The molecule has 0 unspecified atom stereocenters. The Balaban J connectivity index is 1.76. The quantitative estimate of drug-likeness (QED) is 0.691. The lowest BCUT2D eigenvalue weighted by atomic mass is 9.98. The summed E-state index contributed by atoms with van der Waals surface area (Å²) < 4.78 is 5.47. The topological polar surface area (TPSA) is 49.1 Å². The van der Waals surface area contributed by atoms with Crippen LogP contribution < -0.4 is 9.64 Å². The van der Waals surface area contributed by atoms with Crippen molar-refractivity contribution >= 4 is 28.3 Å². The van der Waals surface area contributed by atoms with Crippen LogP contribution in [0.15, 0.2) is 42.5 Å². The molecular formula is C20H16ClN3O. The van der Waals surface area contributed by atoms with E-state index in [4.69, 9.17) is 21.3 Å². The fourth-order valence-corrected chi connectivity index (χ4v) is 3.57. The third-order valence-corrected chi connectivity index (χ3v) is 4.88. The number of nitriles is 1. The van der Waals surface area contributed by atoms with E-state index in [0.717, 1.165) is 42.0 Å². The highest BCUT2D eigenvalue weighted by molar-refractivity contribution is 6.31. The van der Waals surface area contributed by atoms with Gasteiger partial charge in [-0.2, -0.15) is 5.26 Å². The number of aromatic nitrogens is 1. The number of rotatable bonds is 2. The predicted molar refractivity (Wildman–Crippen MR) is 99.2 cm³/mol.